The monoisotopic (exact) mass is 1200 g/mol. The second kappa shape index (κ2) is 21.1. The number of halogens is 2. The third-order valence-corrected chi connectivity index (χ3v) is 20.7. The quantitative estimate of drug-likeness (QED) is 0.0995. The maximum Gasteiger partial charge on any atom is 0.123 e. The number of nitrogens with zero attached hydrogens (tertiary/aromatic N) is 2. The van der Waals surface area contributed by atoms with Gasteiger partial charge in [0.05, 0.1) is 11.4 Å². The summed E-state index contributed by atoms with van der Waals surface area (Å²) in [6, 6.07) is 94.1. The molecule has 0 bridgehead atoms. The predicted molar refractivity (Wildman–Crippen MR) is 389 cm³/mol. The second-order valence-corrected chi connectivity index (χ2v) is 27.2. The van der Waals surface area contributed by atoms with Crippen LogP contribution in [0.4, 0.5) is 42.9 Å². The number of anilines is 6. The Morgan fingerprint density at radius 2 is 0.505 bits per heavy atom. The van der Waals surface area contributed by atoms with Crippen LogP contribution in [0.5, 0.6) is 0 Å². The Morgan fingerprint density at radius 1 is 0.247 bits per heavy atom. The van der Waals surface area contributed by atoms with Gasteiger partial charge in [0.2, 0.25) is 0 Å². The molecule has 3 aliphatic carbocycles. The normalized spacial score (nSPS) is 14.4. The molecular weight excluding hydrogens is 1130 g/mol. The van der Waals surface area contributed by atoms with Gasteiger partial charge in [-0.1, -0.05) is 248 Å². The van der Waals surface area contributed by atoms with Gasteiger partial charge < -0.3 is 9.80 Å². The molecule has 0 fully saturated rings. The molecule has 0 radical (unpaired) electrons. The van der Waals surface area contributed by atoms with E-state index >= 15 is 0 Å². The zero-order valence-corrected chi connectivity index (χ0v) is 52.9. The van der Waals surface area contributed by atoms with Gasteiger partial charge in [0, 0.05) is 49.8 Å². The van der Waals surface area contributed by atoms with E-state index in [-0.39, 0.29) is 27.9 Å². The zero-order chi connectivity index (χ0) is 63.1. The van der Waals surface area contributed by atoms with Crippen LogP contribution in [0.1, 0.15) is 97.2 Å². The van der Waals surface area contributed by atoms with Gasteiger partial charge in [0.1, 0.15) is 11.6 Å². The molecule has 14 aromatic carbocycles. The van der Waals surface area contributed by atoms with Gasteiger partial charge in [-0.15, -0.1) is 0 Å². The first-order valence-electron chi connectivity index (χ1n) is 32.3. The highest BCUT2D eigenvalue weighted by Crippen LogP contribution is 2.55. The van der Waals surface area contributed by atoms with Gasteiger partial charge in [-0.25, -0.2) is 8.78 Å². The number of hydrogen-bond acceptors (Lipinski definition) is 2. The highest BCUT2D eigenvalue weighted by molar-refractivity contribution is 6.16. The smallest absolute Gasteiger partial charge is 0.123 e. The molecule has 4 heteroatoms. The van der Waals surface area contributed by atoms with Crippen LogP contribution in [0, 0.1) is 11.6 Å². The summed E-state index contributed by atoms with van der Waals surface area (Å²) in [7, 11) is 0. The van der Waals surface area contributed by atoms with E-state index in [2.05, 4.69) is 294 Å². The lowest BCUT2D eigenvalue weighted by molar-refractivity contribution is 0.627. The summed E-state index contributed by atoms with van der Waals surface area (Å²) in [6.07, 6.45) is 9.06. The Kier molecular flexibility index (Phi) is 12.7. The highest BCUT2D eigenvalue weighted by Gasteiger charge is 2.39. The minimum atomic E-state index is -0.285. The maximum absolute atomic E-state index is 14.6. The third kappa shape index (κ3) is 9.02. The molecule has 93 heavy (non-hydrogen) atoms. The first-order valence-corrected chi connectivity index (χ1v) is 32.3. The Balaban J connectivity index is 0.626. The lowest BCUT2D eigenvalue weighted by Gasteiger charge is -2.29. The molecule has 0 heterocycles. The van der Waals surface area contributed by atoms with E-state index < -0.39 is 0 Å². The molecule has 3 aliphatic rings. The van der Waals surface area contributed by atoms with Crippen LogP contribution < -0.4 is 9.80 Å². The van der Waals surface area contributed by atoms with E-state index in [0.717, 1.165) is 66.8 Å². The van der Waals surface area contributed by atoms with Crippen LogP contribution in [-0.4, -0.2) is 0 Å². The summed E-state index contributed by atoms with van der Waals surface area (Å²) in [6.45, 7) is 14.1. The average molecular weight is 1200 g/mol. The van der Waals surface area contributed by atoms with Crippen LogP contribution in [-0.2, 0) is 16.2 Å². The van der Waals surface area contributed by atoms with Gasteiger partial charge in [0.15, 0.2) is 0 Å². The SMILES string of the molecule is CC1(C)c2cc(C=Cc3ccc4c(c3)C(C)(C)c3cc(N(c5ccc(F)cc5)c5cc6ccccc6c6ccccc56)ccc3-4)ccc2-c2ccc(C=Cc3ccc4c(c3)C(C)(C)c3cc(N(c5ccc(F)cc5)c5cc6ccccc6c6ccccc56)ccc3-4)cc21. The molecule has 0 aliphatic heterocycles. The minimum absolute atomic E-state index is 0.204. The minimum Gasteiger partial charge on any atom is -0.310 e. The number of hydrogen-bond donors (Lipinski definition) is 0. The molecule has 0 saturated heterocycles. The summed E-state index contributed by atoms with van der Waals surface area (Å²) >= 11 is 0. The fourth-order valence-corrected chi connectivity index (χ4v) is 15.8. The van der Waals surface area contributed by atoms with Gasteiger partial charge in [-0.05, 0) is 206 Å². The van der Waals surface area contributed by atoms with Crippen molar-refractivity contribution >= 4 is 102 Å². The number of fused-ring (bicyclic) bond motifs is 15. The molecule has 0 aromatic heterocycles. The van der Waals surface area contributed by atoms with Crippen molar-refractivity contribution in [3.63, 3.8) is 0 Å². The molecule has 2 nitrogen and oxygen atoms in total. The van der Waals surface area contributed by atoms with Crippen molar-refractivity contribution in [1.29, 1.82) is 0 Å². The van der Waals surface area contributed by atoms with Crippen molar-refractivity contribution in [2.75, 3.05) is 9.80 Å². The van der Waals surface area contributed by atoms with E-state index in [4.69, 9.17) is 0 Å². The number of rotatable bonds is 10. The second-order valence-electron chi connectivity index (χ2n) is 27.2. The van der Waals surface area contributed by atoms with Gasteiger partial charge in [-0.2, -0.15) is 0 Å². The van der Waals surface area contributed by atoms with Crippen molar-refractivity contribution in [2.45, 2.75) is 57.8 Å². The van der Waals surface area contributed by atoms with Crippen LogP contribution in [0.25, 0.3) is 101 Å². The molecule has 0 N–H and O–H groups in total. The Labute approximate surface area is 542 Å². The lowest BCUT2D eigenvalue weighted by atomic mass is 9.81. The van der Waals surface area contributed by atoms with Gasteiger partial charge in [-0.3, -0.25) is 0 Å². The first kappa shape index (κ1) is 56.1. The van der Waals surface area contributed by atoms with Crippen molar-refractivity contribution in [3.05, 3.63) is 334 Å². The van der Waals surface area contributed by atoms with Crippen molar-refractivity contribution < 1.29 is 8.78 Å². The fourth-order valence-electron chi connectivity index (χ4n) is 15.8. The van der Waals surface area contributed by atoms with Crippen LogP contribution >= 0.6 is 0 Å². The summed E-state index contributed by atoms with van der Waals surface area (Å²) in [4.78, 5) is 4.59. The van der Waals surface area contributed by atoms with E-state index in [9.17, 15) is 8.78 Å². The summed E-state index contributed by atoms with van der Waals surface area (Å²) in [5.41, 5.74) is 25.2. The highest BCUT2D eigenvalue weighted by atomic mass is 19.1. The van der Waals surface area contributed by atoms with Crippen molar-refractivity contribution in [1.82, 2.24) is 0 Å². The van der Waals surface area contributed by atoms with Gasteiger partial charge in [0.25, 0.3) is 0 Å². The number of benzene rings is 14. The maximum atomic E-state index is 14.6. The standard InChI is InChI=1S/C89H66F2N2/c1-87(2)79-47-55(23-25-57-29-43-73-75-45-39-65(53-83(75)88(3,4)81(73)49-57)92(63-35-31-61(90)32-36-63)85-51-59-15-7-9-17-67(59)69-19-11-13-21-77(69)85)27-41-71(79)72-42-28-56(48-80(72)87)24-26-58-30-44-74-76-46-40-66(54-84(76)89(5,6)82(74)50-58)93(64-37-33-62(91)34-38-64)86-52-60-16-8-10-18-68(60)70-20-12-14-22-78(70)86/h7-54H,1-6H3. The fraction of sp³-hybridized carbons (Fsp3) is 0.101. The van der Waals surface area contributed by atoms with Crippen molar-refractivity contribution in [2.24, 2.45) is 0 Å². The molecule has 0 spiro atoms. The molecule has 0 atom stereocenters. The van der Waals surface area contributed by atoms with E-state index in [0.29, 0.717) is 0 Å². The Hall–Kier alpha value is -10.9. The molecular formula is C89H66F2N2. The van der Waals surface area contributed by atoms with Crippen LogP contribution in [0.15, 0.2) is 267 Å². The van der Waals surface area contributed by atoms with Crippen molar-refractivity contribution in [3.8, 4) is 33.4 Å². The molecule has 0 saturated carbocycles. The lowest BCUT2D eigenvalue weighted by Crippen LogP contribution is -2.17. The summed E-state index contributed by atoms with van der Waals surface area (Å²) in [5, 5.41) is 9.36. The topological polar surface area (TPSA) is 6.48 Å². The zero-order valence-electron chi connectivity index (χ0n) is 52.9. The third-order valence-electron chi connectivity index (χ3n) is 20.7. The summed E-state index contributed by atoms with van der Waals surface area (Å²) in [5.74, 6) is -0.519. The molecule has 14 aromatic rings. The van der Waals surface area contributed by atoms with E-state index in [1.807, 2.05) is 24.3 Å². The Bertz CT molecular complexity index is 5170. The van der Waals surface area contributed by atoms with Gasteiger partial charge >= 0.3 is 0 Å². The van der Waals surface area contributed by atoms with Crippen LogP contribution in [0.3, 0.4) is 0 Å². The average Bonchev–Trinajstić information content (AvgIpc) is 1.65. The Morgan fingerprint density at radius 3 is 0.828 bits per heavy atom. The summed E-state index contributed by atoms with van der Waals surface area (Å²) < 4.78 is 29.2. The first-order chi connectivity index (χ1) is 45.1. The van der Waals surface area contributed by atoms with E-state index in [1.165, 1.54) is 99.4 Å². The molecule has 0 amide bonds. The molecule has 17 rings (SSSR count). The molecule has 446 valence electrons. The molecule has 0 unspecified atom stereocenters. The van der Waals surface area contributed by atoms with E-state index in [1.54, 1.807) is 24.3 Å². The largest absolute Gasteiger partial charge is 0.310 e. The van der Waals surface area contributed by atoms with Crippen LogP contribution in [0.2, 0.25) is 0 Å². The predicted octanol–water partition coefficient (Wildman–Crippen LogP) is 24.8.